The van der Waals surface area contributed by atoms with E-state index in [1.165, 1.54) is 12.8 Å². The number of hydrogen-bond acceptors (Lipinski definition) is 0. The van der Waals surface area contributed by atoms with Crippen molar-refractivity contribution in [1.82, 2.24) is 0 Å². The molecule has 1 fully saturated rings. The van der Waals surface area contributed by atoms with Gasteiger partial charge in [-0.1, -0.05) is 41.4 Å². The fraction of sp³-hybridized carbons (Fsp3) is 0.333. The minimum atomic E-state index is 0.819. The van der Waals surface area contributed by atoms with Gasteiger partial charge in [-0.2, -0.15) is 0 Å². The smallest absolute Gasteiger partial charge is 0.0867 e. The first-order chi connectivity index (χ1) is 6.27. The Morgan fingerprint density at radius 3 is 2.85 bits per heavy atom. The first kappa shape index (κ1) is 8.62. The third-order valence-electron chi connectivity index (χ3n) is 2.53. The van der Waals surface area contributed by atoms with E-state index in [9.17, 15) is 0 Å². The molecule has 13 heavy (non-hydrogen) atoms. The third kappa shape index (κ3) is 2.03. The van der Waals surface area contributed by atoms with E-state index in [1.807, 2.05) is 13.0 Å². The first-order valence-electron chi connectivity index (χ1n) is 4.80. The van der Waals surface area contributed by atoms with Gasteiger partial charge in [0.15, 0.2) is 0 Å². The SMILES string of the molecule is [B]c1c(C)cccc1/C=C/C1CC1. The van der Waals surface area contributed by atoms with Crippen molar-refractivity contribution in [2.75, 3.05) is 0 Å². The van der Waals surface area contributed by atoms with Crippen LogP contribution >= 0.6 is 0 Å². The molecule has 1 heteroatoms. The monoisotopic (exact) mass is 168 g/mol. The van der Waals surface area contributed by atoms with Crippen molar-refractivity contribution in [1.29, 1.82) is 0 Å². The van der Waals surface area contributed by atoms with Gasteiger partial charge in [-0.05, 0) is 31.2 Å². The predicted octanol–water partition coefficient (Wildman–Crippen LogP) is 2.21. The van der Waals surface area contributed by atoms with Crippen molar-refractivity contribution in [2.45, 2.75) is 19.8 Å². The molecular weight excluding hydrogens is 155 g/mol. The second-order valence-electron chi connectivity index (χ2n) is 3.77. The summed E-state index contributed by atoms with van der Waals surface area (Å²) in [6.45, 7) is 2.05. The summed E-state index contributed by atoms with van der Waals surface area (Å²) in [6.07, 6.45) is 7.12. The molecule has 2 rings (SSSR count). The Balaban J connectivity index is 2.23. The van der Waals surface area contributed by atoms with Crippen molar-refractivity contribution < 1.29 is 0 Å². The van der Waals surface area contributed by atoms with Crippen molar-refractivity contribution in [3.05, 3.63) is 35.4 Å². The van der Waals surface area contributed by atoms with Crippen LogP contribution in [-0.4, -0.2) is 7.85 Å². The lowest BCUT2D eigenvalue weighted by Crippen LogP contribution is -2.10. The van der Waals surface area contributed by atoms with E-state index >= 15 is 0 Å². The average Bonchev–Trinajstić information content (AvgIpc) is 2.91. The molecule has 0 amide bonds. The van der Waals surface area contributed by atoms with Crippen molar-refractivity contribution in [2.24, 2.45) is 5.92 Å². The molecule has 1 aliphatic rings. The molecule has 0 aromatic heterocycles. The van der Waals surface area contributed by atoms with Gasteiger partial charge in [0.1, 0.15) is 7.85 Å². The van der Waals surface area contributed by atoms with Crippen LogP contribution in [0.2, 0.25) is 0 Å². The van der Waals surface area contributed by atoms with Crippen LogP contribution in [0.25, 0.3) is 6.08 Å². The Hall–Kier alpha value is -0.975. The Bertz CT molecular complexity index is 335. The maximum Gasteiger partial charge on any atom is 0.115 e. The van der Waals surface area contributed by atoms with Gasteiger partial charge < -0.3 is 0 Å². The van der Waals surface area contributed by atoms with Crippen LogP contribution < -0.4 is 5.46 Å². The molecule has 1 aromatic carbocycles. The van der Waals surface area contributed by atoms with Gasteiger partial charge in [0, 0.05) is 0 Å². The van der Waals surface area contributed by atoms with Crippen LogP contribution in [0.3, 0.4) is 0 Å². The molecular formula is C12H13B. The van der Waals surface area contributed by atoms with Gasteiger partial charge in [-0.15, -0.1) is 0 Å². The van der Waals surface area contributed by atoms with E-state index in [-0.39, 0.29) is 0 Å². The molecule has 0 N–H and O–H groups in total. The molecule has 0 nitrogen and oxygen atoms in total. The quantitative estimate of drug-likeness (QED) is 0.594. The Labute approximate surface area is 81.1 Å². The van der Waals surface area contributed by atoms with Crippen LogP contribution in [0, 0.1) is 12.8 Å². The van der Waals surface area contributed by atoms with Crippen LogP contribution in [-0.2, 0) is 0 Å². The van der Waals surface area contributed by atoms with Crippen molar-refractivity contribution in [3.8, 4) is 0 Å². The summed E-state index contributed by atoms with van der Waals surface area (Å²) < 4.78 is 0. The molecule has 1 saturated carbocycles. The zero-order valence-electron chi connectivity index (χ0n) is 7.96. The molecule has 0 atom stereocenters. The van der Waals surface area contributed by atoms with Gasteiger partial charge in [0.25, 0.3) is 0 Å². The minimum Gasteiger partial charge on any atom is -0.0867 e. The van der Waals surface area contributed by atoms with Crippen molar-refractivity contribution in [3.63, 3.8) is 0 Å². The third-order valence-corrected chi connectivity index (χ3v) is 2.53. The van der Waals surface area contributed by atoms with E-state index in [2.05, 4.69) is 24.3 Å². The summed E-state index contributed by atoms with van der Waals surface area (Å²) in [4.78, 5) is 0. The molecule has 0 aliphatic heterocycles. The average molecular weight is 168 g/mol. The van der Waals surface area contributed by atoms with E-state index in [0.29, 0.717) is 0 Å². The maximum absolute atomic E-state index is 5.94. The highest BCUT2D eigenvalue weighted by atomic mass is 14.2. The van der Waals surface area contributed by atoms with Crippen LogP contribution in [0.4, 0.5) is 0 Å². The molecule has 0 saturated heterocycles. The topological polar surface area (TPSA) is 0 Å². The second-order valence-corrected chi connectivity index (χ2v) is 3.77. The zero-order chi connectivity index (χ0) is 9.26. The van der Waals surface area contributed by atoms with Crippen molar-refractivity contribution >= 4 is 19.4 Å². The molecule has 0 unspecified atom stereocenters. The number of rotatable bonds is 2. The number of hydrogen-bond donors (Lipinski definition) is 0. The van der Waals surface area contributed by atoms with Crippen LogP contribution in [0.5, 0.6) is 0 Å². The normalized spacial score (nSPS) is 16.7. The summed E-state index contributed by atoms with van der Waals surface area (Å²) in [5.41, 5.74) is 3.24. The van der Waals surface area contributed by atoms with E-state index in [1.54, 1.807) is 0 Å². The number of benzene rings is 1. The fourth-order valence-corrected chi connectivity index (χ4v) is 1.38. The Morgan fingerprint density at radius 2 is 2.15 bits per heavy atom. The van der Waals surface area contributed by atoms with Gasteiger partial charge in [0.05, 0.1) is 0 Å². The van der Waals surface area contributed by atoms with Crippen LogP contribution in [0.1, 0.15) is 24.0 Å². The van der Waals surface area contributed by atoms with Gasteiger partial charge in [-0.3, -0.25) is 0 Å². The lowest BCUT2D eigenvalue weighted by atomic mass is 9.86. The minimum absolute atomic E-state index is 0.819. The van der Waals surface area contributed by atoms with E-state index < -0.39 is 0 Å². The highest BCUT2D eigenvalue weighted by Gasteiger charge is 2.16. The highest BCUT2D eigenvalue weighted by Crippen LogP contribution is 2.30. The summed E-state index contributed by atoms with van der Waals surface area (Å²) in [7, 11) is 5.94. The molecule has 0 spiro atoms. The van der Waals surface area contributed by atoms with E-state index in [4.69, 9.17) is 7.85 Å². The molecule has 1 aliphatic carbocycles. The molecule has 0 heterocycles. The number of aryl methyl sites for hydroxylation is 1. The molecule has 64 valence electrons. The Morgan fingerprint density at radius 1 is 1.38 bits per heavy atom. The second kappa shape index (κ2) is 3.41. The zero-order valence-corrected chi connectivity index (χ0v) is 7.96. The standard InChI is InChI=1S/C12H13B/c1-9-3-2-4-11(12(9)13)8-7-10-5-6-10/h2-4,7-8,10H,5-6H2,1H3/b8-7+. The molecule has 0 bridgehead atoms. The predicted molar refractivity (Wildman–Crippen MR) is 58.3 cm³/mol. The first-order valence-corrected chi connectivity index (χ1v) is 4.80. The fourth-order valence-electron chi connectivity index (χ4n) is 1.38. The molecule has 2 radical (unpaired) electrons. The lowest BCUT2D eigenvalue weighted by molar-refractivity contribution is 1.13. The molecule has 1 aromatic rings. The van der Waals surface area contributed by atoms with Gasteiger partial charge in [-0.25, -0.2) is 0 Å². The lowest BCUT2D eigenvalue weighted by Gasteiger charge is -2.03. The summed E-state index contributed by atoms with van der Waals surface area (Å²) in [5.74, 6) is 0.819. The highest BCUT2D eigenvalue weighted by molar-refractivity contribution is 6.35. The van der Waals surface area contributed by atoms with E-state index in [0.717, 1.165) is 22.5 Å². The van der Waals surface area contributed by atoms with Gasteiger partial charge in [0.2, 0.25) is 0 Å². The van der Waals surface area contributed by atoms with Crippen LogP contribution in [0.15, 0.2) is 24.3 Å². The maximum atomic E-state index is 5.94. The summed E-state index contributed by atoms with van der Waals surface area (Å²) in [5, 5.41) is 0. The Kier molecular flexibility index (Phi) is 2.26. The van der Waals surface area contributed by atoms with Gasteiger partial charge >= 0.3 is 0 Å². The summed E-state index contributed by atoms with van der Waals surface area (Å²) in [6, 6.07) is 6.17. The summed E-state index contributed by atoms with van der Waals surface area (Å²) >= 11 is 0. The number of allylic oxidation sites excluding steroid dienone is 1. The largest absolute Gasteiger partial charge is 0.115 e.